The summed E-state index contributed by atoms with van der Waals surface area (Å²) in [6.07, 6.45) is 5.64. The number of para-hydroxylation sites is 1. The molecule has 1 aromatic heterocycles. The third-order valence-electron chi connectivity index (χ3n) is 4.18. The highest BCUT2D eigenvalue weighted by molar-refractivity contribution is 5.63. The van der Waals surface area contributed by atoms with E-state index in [1.807, 2.05) is 24.3 Å². The molecule has 0 saturated heterocycles. The highest BCUT2D eigenvalue weighted by Crippen LogP contribution is 2.33. The Labute approximate surface area is 124 Å². The first-order valence-electron chi connectivity index (χ1n) is 7.52. The molecule has 1 aromatic carbocycles. The van der Waals surface area contributed by atoms with Crippen molar-refractivity contribution in [3.63, 3.8) is 0 Å². The Bertz CT molecular complexity index is 597. The Morgan fingerprint density at radius 3 is 2.86 bits per heavy atom. The van der Waals surface area contributed by atoms with E-state index in [0.717, 1.165) is 24.2 Å². The largest absolute Gasteiger partial charge is 0.496 e. The van der Waals surface area contributed by atoms with Crippen LogP contribution in [0.4, 0.5) is 0 Å². The molecule has 0 radical (unpaired) electrons. The monoisotopic (exact) mass is 287 g/mol. The van der Waals surface area contributed by atoms with Gasteiger partial charge in [-0.1, -0.05) is 36.6 Å². The molecule has 5 heteroatoms. The van der Waals surface area contributed by atoms with Crippen LogP contribution in [-0.4, -0.2) is 23.3 Å². The average Bonchev–Trinajstić information content (AvgIpc) is 2.90. The summed E-state index contributed by atoms with van der Waals surface area (Å²) >= 11 is 0. The number of hydrogen-bond donors (Lipinski definition) is 1. The van der Waals surface area contributed by atoms with Crippen LogP contribution in [0.1, 0.15) is 43.9 Å². The van der Waals surface area contributed by atoms with Crippen molar-refractivity contribution in [3.05, 3.63) is 30.2 Å². The highest BCUT2D eigenvalue weighted by atomic mass is 16.5. The maximum Gasteiger partial charge on any atom is 0.231 e. The molecule has 21 heavy (non-hydrogen) atoms. The second kappa shape index (κ2) is 6.26. The summed E-state index contributed by atoms with van der Waals surface area (Å²) in [5.41, 5.74) is 7.11. The van der Waals surface area contributed by atoms with Gasteiger partial charge in [-0.05, 0) is 25.0 Å². The SMILES string of the molecule is COc1ccccc1-c1noc(C2CCCCCC2N)n1. The molecule has 5 nitrogen and oxygen atoms in total. The van der Waals surface area contributed by atoms with Crippen molar-refractivity contribution in [2.24, 2.45) is 5.73 Å². The first-order chi connectivity index (χ1) is 10.3. The number of aromatic nitrogens is 2. The molecule has 2 unspecified atom stereocenters. The van der Waals surface area contributed by atoms with E-state index in [1.165, 1.54) is 19.3 Å². The lowest BCUT2D eigenvalue weighted by Crippen LogP contribution is -2.27. The highest BCUT2D eigenvalue weighted by Gasteiger charge is 2.27. The lowest BCUT2D eigenvalue weighted by molar-refractivity contribution is 0.325. The van der Waals surface area contributed by atoms with E-state index in [2.05, 4.69) is 10.1 Å². The molecular weight excluding hydrogens is 266 g/mol. The van der Waals surface area contributed by atoms with Crippen LogP contribution in [0.5, 0.6) is 5.75 Å². The van der Waals surface area contributed by atoms with Gasteiger partial charge in [0, 0.05) is 6.04 Å². The summed E-state index contributed by atoms with van der Waals surface area (Å²) in [5.74, 6) is 2.14. The molecule has 2 atom stereocenters. The maximum absolute atomic E-state index is 6.26. The summed E-state index contributed by atoms with van der Waals surface area (Å²) < 4.78 is 10.8. The lowest BCUT2D eigenvalue weighted by Gasteiger charge is -2.16. The van der Waals surface area contributed by atoms with Gasteiger partial charge in [-0.25, -0.2) is 0 Å². The van der Waals surface area contributed by atoms with E-state index in [0.29, 0.717) is 11.7 Å². The second-order valence-electron chi connectivity index (χ2n) is 5.56. The third-order valence-corrected chi connectivity index (χ3v) is 4.18. The predicted octanol–water partition coefficient (Wildman–Crippen LogP) is 3.12. The van der Waals surface area contributed by atoms with Crippen LogP contribution in [-0.2, 0) is 0 Å². The molecule has 1 fully saturated rings. The molecule has 1 saturated carbocycles. The van der Waals surface area contributed by atoms with Crippen molar-refractivity contribution in [2.75, 3.05) is 7.11 Å². The van der Waals surface area contributed by atoms with Crippen LogP contribution in [0.3, 0.4) is 0 Å². The van der Waals surface area contributed by atoms with Gasteiger partial charge in [-0.3, -0.25) is 0 Å². The van der Waals surface area contributed by atoms with E-state index in [9.17, 15) is 0 Å². The van der Waals surface area contributed by atoms with Gasteiger partial charge in [-0.2, -0.15) is 4.98 Å². The lowest BCUT2D eigenvalue weighted by atomic mass is 9.95. The molecule has 1 aliphatic carbocycles. The number of nitrogens with zero attached hydrogens (tertiary/aromatic N) is 2. The van der Waals surface area contributed by atoms with Crippen molar-refractivity contribution >= 4 is 0 Å². The van der Waals surface area contributed by atoms with E-state index < -0.39 is 0 Å². The van der Waals surface area contributed by atoms with Crippen molar-refractivity contribution < 1.29 is 9.26 Å². The molecule has 2 aromatic rings. The topological polar surface area (TPSA) is 74.2 Å². The van der Waals surface area contributed by atoms with Crippen LogP contribution in [0.25, 0.3) is 11.4 Å². The minimum Gasteiger partial charge on any atom is -0.496 e. The van der Waals surface area contributed by atoms with E-state index in [4.69, 9.17) is 15.0 Å². The fourth-order valence-electron chi connectivity index (χ4n) is 2.97. The van der Waals surface area contributed by atoms with Crippen molar-refractivity contribution in [3.8, 4) is 17.1 Å². The number of nitrogens with two attached hydrogens (primary N) is 1. The number of hydrogen-bond acceptors (Lipinski definition) is 5. The van der Waals surface area contributed by atoms with E-state index in [1.54, 1.807) is 7.11 Å². The van der Waals surface area contributed by atoms with Gasteiger partial charge in [0.15, 0.2) is 0 Å². The molecule has 112 valence electrons. The molecule has 2 N–H and O–H groups in total. The van der Waals surface area contributed by atoms with Gasteiger partial charge in [0.1, 0.15) is 5.75 Å². The normalized spacial score (nSPS) is 22.8. The summed E-state index contributed by atoms with van der Waals surface area (Å²) in [4.78, 5) is 4.57. The smallest absolute Gasteiger partial charge is 0.231 e. The predicted molar refractivity (Wildman–Crippen MR) is 80.1 cm³/mol. The van der Waals surface area contributed by atoms with Crippen LogP contribution >= 0.6 is 0 Å². The molecule has 3 rings (SSSR count). The van der Waals surface area contributed by atoms with Crippen LogP contribution in [0.2, 0.25) is 0 Å². The molecule has 0 amide bonds. The zero-order chi connectivity index (χ0) is 14.7. The van der Waals surface area contributed by atoms with Gasteiger partial charge in [0.2, 0.25) is 11.7 Å². The summed E-state index contributed by atoms with van der Waals surface area (Å²) in [5, 5.41) is 4.11. The van der Waals surface area contributed by atoms with Crippen molar-refractivity contribution in [1.82, 2.24) is 10.1 Å². The summed E-state index contributed by atoms with van der Waals surface area (Å²) in [6, 6.07) is 7.79. The maximum atomic E-state index is 6.26. The first kappa shape index (κ1) is 14.1. The van der Waals surface area contributed by atoms with Crippen LogP contribution < -0.4 is 10.5 Å². The average molecular weight is 287 g/mol. The molecule has 1 aliphatic rings. The van der Waals surface area contributed by atoms with E-state index in [-0.39, 0.29) is 12.0 Å². The van der Waals surface area contributed by atoms with Gasteiger partial charge in [-0.15, -0.1) is 0 Å². The molecular formula is C16H21N3O2. The molecule has 0 aliphatic heterocycles. The van der Waals surface area contributed by atoms with Gasteiger partial charge in [0.25, 0.3) is 0 Å². The minimum absolute atomic E-state index is 0.110. The zero-order valence-electron chi connectivity index (χ0n) is 12.3. The number of methoxy groups -OCH3 is 1. The number of rotatable bonds is 3. The van der Waals surface area contributed by atoms with Crippen LogP contribution in [0, 0.1) is 0 Å². The standard InChI is InChI=1S/C16H21N3O2/c1-20-14-10-6-5-8-12(14)15-18-16(21-19-15)11-7-3-2-4-9-13(11)17/h5-6,8,10-11,13H,2-4,7,9,17H2,1H3. The number of ether oxygens (including phenoxy) is 1. The Morgan fingerprint density at radius 1 is 1.19 bits per heavy atom. The quantitative estimate of drug-likeness (QED) is 0.878. The molecule has 0 spiro atoms. The third kappa shape index (κ3) is 2.93. The van der Waals surface area contributed by atoms with Crippen molar-refractivity contribution in [1.29, 1.82) is 0 Å². The van der Waals surface area contributed by atoms with Crippen molar-refractivity contribution in [2.45, 2.75) is 44.1 Å². The number of benzene rings is 1. The Hall–Kier alpha value is -1.88. The van der Waals surface area contributed by atoms with E-state index >= 15 is 0 Å². The minimum atomic E-state index is 0.110. The van der Waals surface area contributed by atoms with Gasteiger partial charge >= 0.3 is 0 Å². The fraction of sp³-hybridized carbons (Fsp3) is 0.500. The summed E-state index contributed by atoms with van der Waals surface area (Å²) in [7, 11) is 1.64. The van der Waals surface area contributed by atoms with Gasteiger partial charge < -0.3 is 15.0 Å². The fourth-order valence-corrected chi connectivity index (χ4v) is 2.97. The zero-order valence-corrected chi connectivity index (χ0v) is 12.3. The Balaban J connectivity index is 1.89. The molecule has 1 heterocycles. The second-order valence-corrected chi connectivity index (χ2v) is 5.56. The van der Waals surface area contributed by atoms with Gasteiger partial charge in [0.05, 0.1) is 18.6 Å². The first-order valence-corrected chi connectivity index (χ1v) is 7.52. The summed E-state index contributed by atoms with van der Waals surface area (Å²) in [6.45, 7) is 0. The Kier molecular flexibility index (Phi) is 4.20. The van der Waals surface area contributed by atoms with Crippen LogP contribution in [0.15, 0.2) is 28.8 Å². The molecule has 0 bridgehead atoms. The Morgan fingerprint density at radius 2 is 2.00 bits per heavy atom.